The predicted molar refractivity (Wildman–Crippen MR) is 102 cm³/mol. The maximum Gasteiger partial charge on any atom is 0.351 e. The molecule has 11 nitrogen and oxygen atoms in total. The van der Waals surface area contributed by atoms with Crippen LogP contribution in [-0.4, -0.2) is 29.9 Å². The molecule has 13 heteroatoms. The normalized spacial score (nSPS) is 10.8. The molecule has 0 aromatic carbocycles. The predicted octanol–water partition coefficient (Wildman–Crippen LogP) is 1.49. The van der Waals surface area contributed by atoms with Crippen molar-refractivity contribution in [1.82, 2.24) is 29.9 Å². The molecule has 0 aliphatic heterocycles. The number of aromatic nitrogens is 6. The molecule has 0 saturated carbocycles. The van der Waals surface area contributed by atoms with Crippen LogP contribution in [-0.2, 0) is 0 Å². The monoisotopic (exact) mass is 435 g/mol. The van der Waals surface area contributed by atoms with Crippen molar-refractivity contribution in [3.05, 3.63) is 64.8 Å². The zero-order valence-electron chi connectivity index (χ0n) is 14.9. The molecule has 0 spiro atoms. The van der Waals surface area contributed by atoms with Gasteiger partial charge < -0.3 is 4.74 Å². The second-order valence-electron chi connectivity index (χ2n) is 5.96. The second-order valence-corrected chi connectivity index (χ2v) is 6.73. The molecule has 0 bridgehead atoms. The quantitative estimate of drug-likeness (QED) is 0.582. The molecule has 2 N–H and O–H groups in total. The van der Waals surface area contributed by atoms with Crippen molar-refractivity contribution < 1.29 is 4.74 Å². The van der Waals surface area contributed by atoms with Crippen molar-refractivity contribution in [2.45, 2.75) is 19.8 Å². The fourth-order valence-electron chi connectivity index (χ4n) is 2.28. The molecule has 3 rings (SSSR count). The lowest BCUT2D eigenvalue weighted by atomic mass is 10.1. The Morgan fingerprint density at radius 1 is 1.21 bits per heavy atom. The average Bonchev–Trinajstić information content (AvgIpc) is 2.65. The first kappa shape index (κ1) is 20.2. The van der Waals surface area contributed by atoms with E-state index in [1.807, 2.05) is 18.8 Å². The lowest BCUT2D eigenvalue weighted by molar-refractivity contribution is 0.450. The van der Waals surface area contributed by atoms with Crippen LogP contribution in [0.4, 0.5) is 0 Å². The van der Waals surface area contributed by atoms with E-state index in [9.17, 15) is 14.4 Å². The second kappa shape index (κ2) is 7.86. The molecule has 0 saturated heterocycles. The van der Waals surface area contributed by atoms with E-state index >= 15 is 0 Å². The molecule has 0 atom stereocenters. The highest BCUT2D eigenvalue weighted by atomic mass is 35.5. The summed E-state index contributed by atoms with van der Waals surface area (Å²) in [5.74, 6) is -0.285. The van der Waals surface area contributed by atoms with Gasteiger partial charge in [-0.15, -0.1) is 10.2 Å². The molecular formula is C16H11Cl2N7O4. The number of H-pyrrole nitrogens is 2. The van der Waals surface area contributed by atoms with Gasteiger partial charge in [0.25, 0.3) is 11.1 Å². The maximum atomic E-state index is 12.0. The van der Waals surface area contributed by atoms with Gasteiger partial charge in [-0.25, -0.2) is 14.9 Å². The van der Waals surface area contributed by atoms with Crippen LogP contribution in [0.25, 0.3) is 5.82 Å². The summed E-state index contributed by atoms with van der Waals surface area (Å²) >= 11 is 12.3. The van der Waals surface area contributed by atoms with Gasteiger partial charge in [0.05, 0.1) is 5.02 Å². The Morgan fingerprint density at radius 2 is 1.93 bits per heavy atom. The lowest BCUT2D eigenvalue weighted by Crippen LogP contribution is -2.33. The summed E-state index contributed by atoms with van der Waals surface area (Å²) in [6, 6.07) is 4.20. The van der Waals surface area contributed by atoms with E-state index in [4.69, 9.17) is 33.2 Å². The number of nitriles is 1. The Bertz CT molecular complexity index is 1300. The van der Waals surface area contributed by atoms with Gasteiger partial charge >= 0.3 is 5.69 Å². The summed E-state index contributed by atoms with van der Waals surface area (Å²) in [4.78, 5) is 41.1. The first-order valence-corrected chi connectivity index (χ1v) is 8.74. The smallest absolute Gasteiger partial charge is 0.351 e. The Balaban J connectivity index is 2.05. The van der Waals surface area contributed by atoms with Crippen molar-refractivity contribution in [3.63, 3.8) is 0 Å². The third-order valence-corrected chi connectivity index (χ3v) is 4.20. The minimum absolute atomic E-state index is 0.0257. The van der Waals surface area contributed by atoms with Crippen LogP contribution in [0, 0.1) is 11.3 Å². The lowest BCUT2D eigenvalue weighted by Gasteiger charge is -2.11. The number of aromatic amines is 2. The van der Waals surface area contributed by atoms with Gasteiger partial charge in [-0.1, -0.05) is 37.0 Å². The molecule has 3 heterocycles. The Kier molecular flexibility index (Phi) is 5.49. The third kappa shape index (κ3) is 4.03. The van der Waals surface area contributed by atoms with Crippen LogP contribution in [0.5, 0.6) is 11.6 Å². The fourth-order valence-corrected chi connectivity index (χ4v) is 2.78. The number of nitrogens with zero attached hydrogens (tertiary/aromatic N) is 5. The third-order valence-electron chi connectivity index (χ3n) is 3.66. The number of pyridine rings is 1. The molecule has 0 unspecified atom stereocenters. The molecule has 0 aliphatic rings. The van der Waals surface area contributed by atoms with Gasteiger partial charge in [-0.05, 0) is 5.92 Å². The van der Waals surface area contributed by atoms with Gasteiger partial charge in [-0.3, -0.25) is 14.6 Å². The number of rotatable bonds is 4. The van der Waals surface area contributed by atoms with E-state index in [-0.39, 0.29) is 39.1 Å². The van der Waals surface area contributed by atoms with Crippen molar-refractivity contribution in [3.8, 4) is 23.5 Å². The summed E-state index contributed by atoms with van der Waals surface area (Å²) in [6.07, 6.45) is 0. The highest BCUT2D eigenvalue weighted by molar-refractivity contribution is 6.36. The summed E-state index contributed by atoms with van der Waals surface area (Å²) in [7, 11) is 0. The van der Waals surface area contributed by atoms with Crippen LogP contribution < -0.4 is 21.5 Å². The van der Waals surface area contributed by atoms with E-state index in [0.717, 1.165) is 0 Å². The largest absolute Gasteiger partial charge is 0.433 e. The fraction of sp³-hybridized carbons (Fsp3) is 0.188. The van der Waals surface area contributed by atoms with Crippen molar-refractivity contribution in [2.24, 2.45) is 0 Å². The van der Waals surface area contributed by atoms with Crippen LogP contribution in [0.1, 0.15) is 31.0 Å². The molecule has 3 aromatic rings. The highest BCUT2D eigenvalue weighted by Gasteiger charge is 2.18. The Hall–Kier alpha value is -3.49. The number of hydrogen-bond acceptors (Lipinski definition) is 8. The van der Waals surface area contributed by atoms with E-state index in [1.54, 1.807) is 6.07 Å². The van der Waals surface area contributed by atoms with E-state index in [2.05, 4.69) is 20.3 Å². The van der Waals surface area contributed by atoms with Gasteiger partial charge in [-0.2, -0.15) is 9.94 Å². The minimum Gasteiger partial charge on any atom is -0.433 e. The molecule has 0 aliphatic carbocycles. The summed E-state index contributed by atoms with van der Waals surface area (Å²) < 4.78 is 6.21. The zero-order chi connectivity index (χ0) is 21.3. The van der Waals surface area contributed by atoms with Crippen molar-refractivity contribution in [2.75, 3.05) is 0 Å². The molecule has 0 radical (unpaired) electrons. The highest BCUT2D eigenvalue weighted by Crippen LogP contribution is 2.35. The number of hydrogen-bond donors (Lipinski definition) is 2. The SMILES string of the molecule is CC(C)c1cc(Oc2c(Cl)cc(-n3nc(C#N)c(=O)[nH]c3=O)nc2Cl)n[nH]c1=O. The standard InChI is InChI=1S/C16H11Cl2N7O4/c1-6(2)7-3-11(22-23-14(7)26)29-12-8(17)4-10(20-13(12)18)25-16(28)21-15(27)9(5-19)24-25/h3-4,6H,1-2H3,(H,23,26)(H,21,27,28). The Morgan fingerprint density at radius 3 is 2.55 bits per heavy atom. The van der Waals surface area contributed by atoms with Crippen molar-refractivity contribution >= 4 is 23.2 Å². The average molecular weight is 436 g/mol. The number of halogens is 2. The molecule has 3 aromatic heterocycles. The topological polar surface area (TPSA) is 159 Å². The van der Waals surface area contributed by atoms with Gasteiger partial charge in [0, 0.05) is 17.7 Å². The van der Waals surface area contributed by atoms with E-state index in [1.165, 1.54) is 12.1 Å². The molecule has 148 valence electrons. The van der Waals surface area contributed by atoms with Crippen molar-refractivity contribution in [1.29, 1.82) is 5.26 Å². The first-order valence-electron chi connectivity index (χ1n) is 7.99. The molecule has 0 fully saturated rings. The molecule has 29 heavy (non-hydrogen) atoms. The van der Waals surface area contributed by atoms with E-state index < -0.39 is 16.9 Å². The van der Waals surface area contributed by atoms with Crippen LogP contribution >= 0.6 is 23.2 Å². The van der Waals surface area contributed by atoms with Crippen LogP contribution in [0.2, 0.25) is 10.2 Å². The minimum atomic E-state index is -0.939. The van der Waals surface area contributed by atoms with Gasteiger partial charge in [0.2, 0.25) is 11.6 Å². The van der Waals surface area contributed by atoms with Crippen LogP contribution in [0.3, 0.4) is 0 Å². The number of nitrogens with one attached hydrogen (secondary N) is 2. The molecular weight excluding hydrogens is 425 g/mol. The van der Waals surface area contributed by atoms with Crippen LogP contribution in [0.15, 0.2) is 26.5 Å². The number of ether oxygens (including phenoxy) is 1. The first-order chi connectivity index (χ1) is 13.7. The summed E-state index contributed by atoms with van der Waals surface area (Å²) in [5, 5.41) is 18.3. The zero-order valence-corrected chi connectivity index (χ0v) is 16.4. The maximum absolute atomic E-state index is 12.0. The van der Waals surface area contributed by atoms with Gasteiger partial charge in [0.1, 0.15) is 6.07 Å². The summed E-state index contributed by atoms with van der Waals surface area (Å²) in [6.45, 7) is 3.66. The molecule has 0 amide bonds. The Labute approximate surface area is 171 Å². The van der Waals surface area contributed by atoms with Gasteiger partial charge in [0.15, 0.2) is 16.7 Å². The summed E-state index contributed by atoms with van der Waals surface area (Å²) in [5.41, 5.74) is -2.32. The van der Waals surface area contributed by atoms with E-state index in [0.29, 0.717) is 10.2 Å².